The molecule has 0 bridgehead atoms. The summed E-state index contributed by atoms with van der Waals surface area (Å²) in [7, 11) is 0. The molecule has 4 heterocycles. The molecule has 1 spiro atoms. The Morgan fingerprint density at radius 1 is 1.18 bits per heavy atom. The van der Waals surface area contributed by atoms with E-state index < -0.39 is 0 Å². The Bertz CT molecular complexity index is 1380. The van der Waals surface area contributed by atoms with Gasteiger partial charge < -0.3 is 26.6 Å². The highest BCUT2D eigenvalue weighted by Gasteiger charge is 2.70. The van der Waals surface area contributed by atoms with Crippen LogP contribution in [0.4, 0.5) is 28.1 Å². The number of anilines is 4. The van der Waals surface area contributed by atoms with Crippen molar-refractivity contribution in [2.75, 3.05) is 28.7 Å². The maximum atomic E-state index is 12.5. The van der Waals surface area contributed by atoms with E-state index in [1.165, 1.54) is 0 Å². The van der Waals surface area contributed by atoms with E-state index in [9.17, 15) is 9.59 Å². The average Bonchev–Trinajstić information content (AvgIpc) is 3.14. The minimum Gasteiger partial charge on any atom is -0.368 e. The number of rotatable bonds is 9. The number of nitrogen functional groups attached to an aromatic ring is 1. The van der Waals surface area contributed by atoms with Crippen LogP contribution in [0.25, 0.3) is 11.1 Å². The van der Waals surface area contributed by atoms with E-state index in [0.29, 0.717) is 44.6 Å². The first-order valence-electron chi connectivity index (χ1n) is 12.4. The first kappa shape index (κ1) is 25.1. The van der Waals surface area contributed by atoms with E-state index in [-0.39, 0.29) is 29.5 Å². The molecule has 10 nitrogen and oxygen atoms in total. The maximum Gasteiger partial charge on any atom is 0.318 e. The number of thioether (sulfide) groups is 1. The molecule has 2 aromatic carbocycles. The number of unbranched alkanes of at least 4 members (excludes halogenated alkanes) is 1. The number of nitrogens with one attached hydrogen (secondary N) is 4. The van der Waals surface area contributed by atoms with Gasteiger partial charge in [-0.15, -0.1) is 5.10 Å². The molecule has 3 aromatic rings. The van der Waals surface area contributed by atoms with Gasteiger partial charge in [-0.2, -0.15) is 16.7 Å². The van der Waals surface area contributed by atoms with Gasteiger partial charge in [-0.25, -0.2) is 9.89 Å². The van der Waals surface area contributed by atoms with Crippen molar-refractivity contribution in [2.45, 2.75) is 42.5 Å². The molecule has 1 aromatic heterocycles. The van der Waals surface area contributed by atoms with Crippen LogP contribution in [0.2, 0.25) is 10.0 Å². The van der Waals surface area contributed by atoms with Crippen LogP contribution < -0.4 is 21.7 Å². The molecular weight excluding hydrogens is 547 g/mol. The maximum absolute atomic E-state index is 12.5. The molecule has 3 aliphatic rings. The number of hydrogen-bond donors (Lipinski definition) is 5. The fraction of sp³-hybridized carbons (Fsp3) is 0.360. The van der Waals surface area contributed by atoms with Crippen LogP contribution in [0, 0.1) is 0 Å². The van der Waals surface area contributed by atoms with Crippen molar-refractivity contribution in [1.29, 1.82) is 0 Å². The highest BCUT2D eigenvalue weighted by molar-refractivity contribution is 8.00. The summed E-state index contributed by atoms with van der Waals surface area (Å²) in [6, 6.07) is 11.2. The number of urea groups is 1. The molecule has 3 aliphatic heterocycles. The van der Waals surface area contributed by atoms with Gasteiger partial charge in [0.25, 0.3) is 0 Å². The molecule has 38 heavy (non-hydrogen) atoms. The zero-order valence-electron chi connectivity index (χ0n) is 20.3. The van der Waals surface area contributed by atoms with Gasteiger partial charge in [-0.1, -0.05) is 41.8 Å². The van der Waals surface area contributed by atoms with Gasteiger partial charge in [0.05, 0.1) is 21.6 Å². The third-order valence-corrected chi connectivity index (χ3v) is 9.49. The van der Waals surface area contributed by atoms with Crippen LogP contribution in [-0.4, -0.2) is 61.1 Å². The smallest absolute Gasteiger partial charge is 0.318 e. The van der Waals surface area contributed by atoms with Crippen LogP contribution in [-0.2, 0) is 4.79 Å². The molecule has 6 rings (SSSR count). The number of hydrogen-bond acceptors (Lipinski definition) is 7. The Morgan fingerprint density at radius 3 is 2.63 bits per heavy atom. The number of carbonyl (C=O) groups is 2. The lowest BCUT2D eigenvalue weighted by Gasteiger charge is -2.18. The molecule has 13 heteroatoms. The molecule has 2 unspecified atom stereocenters. The van der Waals surface area contributed by atoms with Gasteiger partial charge in [0, 0.05) is 40.9 Å². The minimum atomic E-state index is -0.0186. The number of aromatic amines is 1. The summed E-state index contributed by atoms with van der Waals surface area (Å²) in [6.07, 6.45) is 3.23. The van der Waals surface area contributed by atoms with E-state index in [0.717, 1.165) is 37.1 Å². The molecule has 3 amide bonds. The zero-order chi connectivity index (χ0) is 26.4. The van der Waals surface area contributed by atoms with Crippen LogP contribution in [0.3, 0.4) is 0 Å². The Hall–Kier alpha value is -3.15. The number of halogens is 2. The summed E-state index contributed by atoms with van der Waals surface area (Å²) in [5.41, 5.74) is 8.48. The molecule has 6 N–H and O–H groups in total. The molecule has 3 atom stereocenters. The summed E-state index contributed by atoms with van der Waals surface area (Å²) < 4.78 is 0. The van der Waals surface area contributed by atoms with Crippen LogP contribution in [0.15, 0.2) is 36.4 Å². The highest BCUT2D eigenvalue weighted by atomic mass is 35.5. The predicted molar refractivity (Wildman–Crippen MR) is 151 cm³/mol. The van der Waals surface area contributed by atoms with Crippen LogP contribution >= 0.6 is 35.0 Å². The quantitative estimate of drug-likeness (QED) is 0.140. The van der Waals surface area contributed by atoms with E-state index in [2.05, 4.69) is 31.1 Å². The van der Waals surface area contributed by atoms with E-state index in [1.807, 2.05) is 40.9 Å². The Morgan fingerprint density at radius 2 is 1.95 bits per heavy atom. The summed E-state index contributed by atoms with van der Waals surface area (Å²) in [4.78, 5) is 30.4. The number of aromatic nitrogens is 3. The fourth-order valence-corrected chi connectivity index (χ4v) is 7.81. The number of nitrogens with zero attached hydrogens (tertiary/aromatic N) is 3. The van der Waals surface area contributed by atoms with Gasteiger partial charge in [0.15, 0.2) is 0 Å². The lowest BCUT2D eigenvalue weighted by atomic mass is 9.96. The third-order valence-electron chi connectivity index (χ3n) is 7.29. The Kier molecular flexibility index (Phi) is 6.53. The second-order valence-electron chi connectivity index (χ2n) is 9.82. The normalized spacial score (nSPS) is 23.1. The monoisotopic (exact) mass is 572 g/mol. The van der Waals surface area contributed by atoms with Gasteiger partial charge in [0.1, 0.15) is 0 Å². The van der Waals surface area contributed by atoms with Crippen molar-refractivity contribution in [2.24, 2.45) is 0 Å². The van der Waals surface area contributed by atoms with Crippen molar-refractivity contribution in [3.8, 4) is 11.1 Å². The molecule has 198 valence electrons. The number of carbonyl (C=O) groups excluding carboxylic acids is 2. The first-order chi connectivity index (χ1) is 18.3. The molecular formula is C25H26Cl2N8O2S. The molecule has 0 radical (unpaired) electrons. The van der Waals surface area contributed by atoms with Crippen molar-refractivity contribution >= 4 is 70.2 Å². The van der Waals surface area contributed by atoms with Crippen molar-refractivity contribution in [3.05, 3.63) is 46.4 Å². The van der Waals surface area contributed by atoms with Gasteiger partial charge >= 0.3 is 6.03 Å². The lowest BCUT2D eigenvalue weighted by molar-refractivity contribution is -0.116. The number of amides is 3. The van der Waals surface area contributed by atoms with Gasteiger partial charge in [0.2, 0.25) is 17.8 Å². The van der Waals surface area contributed by atoms with E-state index in [1.54, 1.807) is 12.1 Å². The van der Waals surface area contributed by atoms with E-state index in [4.69, 9.17) is 28.9 Å². The molecule has 3 fully saturated rings. The molecule has 3 saturated heterocycles. The first-order valence-corrected chi connectivity index (χ1v) is 14.2. The second-order valence-corrected chi connectivity index (χ2v) is 11.9. The van der Waals surface area contributed by atoms with Gasteiger partial charge in [-0.05, 0) is 42.7 Å². The summed E-state index contributed by atoms with van der Waals surface area (Å²) in [6.45, 7) is 0.897. The number of benzene rings is 2. The van der Waals surface area contributed by atoms with Crippen molar-refractivity contribution in [1.82, 2.24) is 25.4 Å². The molecule has 0 aliphatic carbocycles. The SMILES string of the molecule is Nc1nc(Nc2cc(Cl)c(-c3ccc(NC(=O)CCCC[C@@H]4SCC56CN5C(=O)NC46)cc3)c(Cl)c2)n[nH]1. The Labute approximate surface area is 233 Å². The number of nitrogens with two attached hydrogens (primary N) is 1. The predicted octanol–water partition coefficient (Wildman–Crippen LogP) is 4.86. The Balaban J connectivity index is 0.992. The fourth-order valence-electron chi connectivity index (χ4n) is 5.33. The largest absolute Gasteiger partial charge is 0.368 e. The third kappa shape index (κ3) is 4.74. The molecule has 0 saturated carbocycles. The lowest BCUT2D eigenvalue weighted by Crippen LogP contribution is -2.41. The zero-order valence-corrected chi connectivity index (χ0v) is 22.6. The summed E-state index contributed by atoms with van der Waals surface area (Å²) in [5.74, 6) is 1.51. The minimum absolute atomic E-state index is 0.0186. The highest BCUT2D eigenvalue weighted by Crippen LogP contribution is 2.52. The van der Waals surface area contributed by atoms with Crippen molar-refractivity contribution in [3.63, 3.8) is 0 Å². The van der Waals surface area contributed by atoms with E-state index >= 15 is 0 Å². The van der Waals surface area contributed by atoms with Gasteiger partial charge in [-0.3, -0.25) is 4.79 Å². The number of H-pyrrole nitrogens is 1. The second kappa shape index (κ2) is 9.87. The standard InChI is InChI=1S/C25H26Cl2N8O2S/c26-16-9-15(30-23-32-22(28)33-34-23)10-17(27)20(16)13-5-7-14(8-6-13)29-19(36)4-2-1-3-18-21-25(12-38-18)11-35(25)24(37)31-21/h5-10,18,21H,1-4,11-12H2,(H,29,36)(H,31,37)(H4,28,30,32,33,34)/t18-,21?,25?,35?/m0/s1. The van der Waals surface area contributed by atoms with Crippen LogP contribution in [0.5, 0.6) is 0 Å². The average molecular weight is 574 g/mol. The van der Waals surface area contributed by atoms with Crippen LogP contribution in [0.1, 0.15) is 25.7 Å². The van der Waals surface area contributed by atoms with Crippen molar-refractivity contribution < 1.29 is 9.59 Å². The summed E-state index contributed by atoms with van der Waals surface area (Å²) >= 11 is 15.0. The summed E-state index contributed by atoms with van der Waals surface area (Å²) in [5, 5.41) is 16.9. The topological polar surface area (TPSA) is 141 Å².